The van der Waals surface area contributed by atoms with Crippen LogP contribution in [0.15, 0.2) is 83.8 Å². The minimum absolute atomic E-state index is 0.0123. The van der Waals surface area contributed by atoms with Crippen LogP contribution in [0, 0.1) is 10.1 Å². The molecule has 31 heavy (non-hydrogen) atoms. The second-order valence-corrected chi connectivity index (χ2v) is 7.60. The lowest BCUT2D eigenvalue weighted by Crippen LogP contribution is -2.27. The SMILES string of the molecule is O=C1SC(=Cc2ccccc2OCc2ccc([N+](=O)[O-])cc2)C(=O)N1c1ccccc1. The molecule has 0 spiro atoms. The Balaban J connectivity index is 1.53. The number of nitro benzene ring substituents is 1. The molecule has 1 aliphatic heterocycles. The van der Waals surface area contributed by atoms with Crippen molar-refractivity contribution in [2.24, 2.45) is 0 Å². The molecule has 4 rings (SSSR count). The topological polar surface area (TPSA) is 89.7 Å². The van der Waals surface area contributed by atoms with Gasteiger partial charge in [-0.25, -0.2) is 4.90 Å². The average molecular weight is 432 g/mol. The van der Waals surface area contributed by atoms with E-state index in [1.54, 1.807) is 60.7 Å². The number of thioether (sulfide) groups is 1. The monoisotopic (exact) mass is 432 g/mol. The Hall–Kier alpha value is -3.91. The highest BCUT2D eigenvalue weighted by atomic mass is 32.2. The smallest absolute Gasteiger partial charge is 0.298 e. The Morgan fingerprint density at radius 3 is 2.32 bits per heavy atom. The van der Waals surface area contributed by atoms with Crippen molar-refractivity contribution in [3.8, 4) is 5.75 Å². The highest BCUT2D eigenvalue weighted by Gasteiger charge is 2.36. The molecule has 1 heterocycles. The number of hydrogen-bond donors (Lipinski definition) is 0. The normalized spacial score (nSPS) is 14.8. The van der Waals surface area contributed by atoms with Crippen molar-refractivity contribution in [3.05, 3.63) is 105 Å². The van der Waals surface area contributed by atoms with Gasteiger partial charge in [-0.1, -0.05) is 36.4 Å². The first-order chi connectivity index (χ1) is 15.0. The maximum atomic E-state index is 12.8. The van der Waals surface area contributed by atoms with Crippen LogP contribution in [-0.2, 0) is 11.4 Å². The van der Waals surface area contributed by atoms with Gasteiger partial charge in [-0.3, -0.25) is 19.7 Å². The number of ether oxygens (including phenoxy) is 1. The number of imide groups is 1. The molecule has 0 atom stereocenters. The first-order valence-corrected chi connectivity index (χ1v) is 10.1. The van der Waals surface area contributed by atoms with Crippen LogP contribution in [0.5, 0.6) is 5.75 Å². The van der Waals surface area contributed by atoms with Gasteiger partial charge < -0.3 is 4.74 Å². The van der Waals surface area contributed by atoms with E-state index in [-0.39, 0.29) is 23.4 Å². The summed E-state index contributed by atoms with van der Waals surface area (Å²) in [5.41, 5.74) is 1.96. The van der Waals surface area contributed by atoms with Crippen molar-refractivity contribution >= 4 is 40.4 Å². The molecule has 0 N–H and O–H groups in total. The molecule has 0 unspecified atom stereocenters. The van der Waals surface area contributed by atoms with Gasteiger partial charge in [0.25, 0.3) is 16.8 Å². The first kappa shape index (κ1) is 20.4. The molecule has 1 saturated heterocycles. The van der Waals surface area contributed by atoms with Gasteiger partial charge in [-0.05, 0) is 53.7 Å². The third kappa shape index (κ3) is 4.49. The molecule has 0 radical (unpaired) electrons. The summed E-state index contributed by atoms with van der Waals surface area (Å²) in [4.78, 5) is 37.0. The van der Waals surface area contributed by atoms with Gasteiger partial charge in [0.15, 0.2) is 0 Å². The van der Waals surface area contributed by atoms with E-state index in [2.05, 4.69) is 0 Å². The lowest BCUT2D eigenvalue weighted by Gasteiger charge is -2.12. The van der Waals surface area contributed by atoms with Crippen LogP contribution in [-0.4, -0.2) is 16.1 Å². The minimum Gasteiger partial charge on any atom is -0.488 e. The van der Waals surface area contributed by atoms with Crippen LogP contribution >= 0.6 is 11.8 Å². The number of carbonyl (C=O) groups is 2. The molecule has 3 aromatic carbocycles. The van der Waals surface area contributed by atoms with Gasteiger partial charge in [0.1, 0.15) is 12.4 Å². The van der Waals surface area contributed by atoms with E-state index >= 15 is 0 Å². The molecule has 7 nitrogen and oxygen atoms in total. The van der Waals surface area contributed by atoms with E-state index in [4.69, 9.17) is 4.74 Å². The summed E-state index contributed by atoms with van der Waals surface area (Å²) in [5.74, 6) is 0.152. The van der Waals surface area contributed by atoms with Crippen LogP contribution < -0.4 is 9.64 Å². The Kier molecular flexibility index (Phi) is 5.81. The van der Waals surface area contributed by atoms with E-state index in [0.717, 1.165) is 22.2 Å². The third-order valence-corrected chi connectivity index (χ3v) is 5.42. The van der Waals surface area contributed by atoms with Crippen molar-refractivity contribution in [3.63, 3.8) is 0 Å². The fraction of sp³-hybridized carbons (Fsp3) is 0.0435. The Bertz CT molecular complexity index is 1180. The molecule has 154 valence electrons. The number of non-ortho nitro benzene ring substituents is 1. The average Bonchev–Trinajstić information content (AvgIpc) is 3.06. The van der Waals surface area contributed by atoms with E-state index < -0.39 is 4.92 Å². The van der Waals surface area contributed by atoms with Gasteiger partial charge in [-0.2, -0.15) is 0 Å². The predicted octanol–water partition coefficient (Wildman–Crippen LogP) is 5.41. The van der Waals surface area contributed by atoms with Gasteiger partial charge in [-0.15, -0.1) is 0 Å². The lowest BCUT2D eigenvalue weighted by atomic mass is 10.1. The number of anilines is 1. The van der Waals surface area contributed by atoms with Crippen LogP contribution in [0.3, 0.4) is 0 Å². The summed E-state index contributed by atoms with van der Waals surface area (Å²) in [7, 11) is 0. The molecule has 0 aromatic heterocycles. The predicted molar refractivity (Wildman–Crippen MR) is 119 cm³/mol. The van der Waals surface area contributed by atoms with E-state index in [9.17, 15) is 19.7 Å². The number of nitro groups is 1. The van der Waals surface area contributed by atoms with Gasteiger partial charge in [0.2, 0.25) is 0 Å². The van der Waals surface area contributed by atoms with Crippen LogP contribution in [0.4, 0.5) is 16.2 Å². The molecular formula is C23H16N2O5S. The highest BCUT2D eigenvalue weighted by Crippen LogP contribution is 2.36. The van der Waals surface area contributed by atoms with Crippen molar-refractivity contribution in [2.75, 3.05) is 4.90 Å². The number of carbonyl (C=O) groups excluding carboxylic acids is 2. The van der Waals surface area contributed by atoms with Crippen molar-refractivity contribution in [1.82, 2.24) is 0 Å². The quantitative estimate of drug-likeness (QED) is 0.294. The van der Waals surface area contributed by atoms with Crippen LogP contribution in [0.25, 0.3) is 6.08 Å². The van der Waals surface area contributed by atoms with Crippen molar-refractivity contribution in [1.29, 1.82) is 0 Å². The van der Waals surface area contributed by atoms with Crippen molar-refractivity contribution < 1.29 is 19.2 Å². The fourth-order valence-electron chi connectivity index (χ4n) is 3.01. The second kappa shape index (κ2) is 8.85. The fourth-order valence-corrected chi connectivity index (χ4v) is 3.85. The third-order valence-electron chi connectivity index (χ3n) is 4.56. The molecule has 0 saturated carbocycles. The zero-order chi connectivity index (χ0) is 21.8. The molecule has 2 amide bonds. The molecule has 0 bridgehead atoms. The van der Waals surface area contributed by atoms with E-state index in [0.29, 0.717) is 21.9 Å². The van der Waals surface area contributed by atoms with Crippen LogP contribution in [0.2, 0.25) is 0 Å². The maximum Gasteiger partial charge on any atom is 0.298 e. The Morgan fingerprint density at radius 2 is 1.61 bits per heavy atom. The summed E-state index contributed by atoms with van der Waals surface area (Å²) in [6, 6.07) is 22.0. The Morgan fingerprint density at radius 1 is 0.935 bits per heavy atom. The summed E-state index contributed by atoms with van der Waals surface area (Å²) < 4.78 is 5.87. The first-order valence-electron chi connectivity index (χ1n) is 9.31. The van der Waals surface area contributed by atoms with Gasteiger partial charge in [0.05, 0.1) is 15.5 Å². The maximum absolute atomic E-state index is 12.8. The van der Waals surface area contributed by atoms with Gasteiger partial charge in [0, 0.05) is 17.7 Å². The number of benzene rings is 3. The summed E-state index contributed by atoms with van der Waals surface area (Å²) in [6.07, 6.45) is 1.64. The number of nitrogens with zero attached hydrogens (tertiary/aromatic N) is 2. The number of hydrogen-bond acceptors (Lipinski definition) is 6. The molecule has 0 aliphatic carbocycles. The lowest BCUT2D eigenvalue weighted by molar-refractivity contribution is -0.384. The Labute approximate surface area is 182 Å². The van der Waals surface area contributed by atoms with Gasteiger partial charge >= 0.3 is 0 Å². The number of rotatable bonds is 6. The molecular weight excluding hydrogens is 416 g/mol. The molecule has 8 heteroatoms. The second-order valence-electron chi connectivity index (χ2n) is 6.60. The van der Waals surface area contributed by atoms with Crippen molar-refractivity contribution in [2.45, 2.75) is 6.61 Å². The summed E-state index contributed by atoms with van der Waals surface area (Å²) in [6.45, 7) is 0.203. The zero-order valence-electron chi connectivity index (χ0n) is 16.1. The summed E-state index contributed by atoms with van der Waals surface area (Å²) >= 11 is 0.878. The van der Waals surface area contributed by atoms with E-state index in [1.807, 2.05) is 12.1 Å². The zero-order valence-corrected chi connectivity index (χ0v) is 17.0. The van der Waals surface area contributed by atoms with E-state index in [1.165, 1.54) is 12.1 Å². The number of para-hydroxylation sites is 2. The summed E-state index contributed by atoms with van der Waals surface area (Å²) in [5, 5.41) is 10.4. The molecule has 1 aliphatic rings. The molecule has 1 fully saturated rings. The highest BCUT2D eigenvalue weighted by molar-refractivity contribution is 8.19. The van der Waals surface area contributed by atoms with Crippen LogP contribution in [0.1, 0.15) is 11.1 Å². The molecule has 3 aromatic rings. The standard InChI is InChI=1S/C23H16N2O5S/c26-22-21(31-23(27)24(22)18-7-2-1-3-8-18)14-17-6-4-5-9-20(17)30-15-16-10-12-19(13-11-16)25(28)29/h1-14H,15H2. The minimum atomic E-state index is -0.456. The number of amides is 2. The largest absolute Gasteiger partial charge is 0.488 e.